The van der Waals surface area contributed by atoms with Gasteiger partial charge in [-0.05, 0) is 18.4 Å². The van der Waals surface area contributed by atoms with E-state index >= 15 is 0 Å². The fourth-order valence-electron chi connectivity index (χ4n) is 2.70. The molecule has 0 saturated heterocycles. The summed E-state index contributed by atoms with van der Waals surface area (Å²) in [5.74, 6) is 0.194. The highest BCUT2D eigenvalue weighted by Crippen LogP contribution is 2.18. The summed E-state index contributed by atoms with van der Waals surface area (Å²) >= 11 is 0. The second kappa shape index (κ2) is 7.89. The molecule has 0 fully saturated rings. The average Bonchev–Trinajstić information content (AvgIpc) is 2.82. The highest BCUT2D eigenvalue weighted by atomic mass is 32.2. The zero-order chi connectivity index (χ0) is 16.9. The van der Waals surface area contributed by atoms with Crippen molar-refractivity contribution in [1.82, 2.24) is 19.4 Å². The maximum atomic E-state index is 12.3. The summed E-state index contributed by atoms with van der Waals surface area (Å²) < 4.78 is 31.7. The molecule has 1 aliphatic heterocycles. The van der Waals surface area contributed by atoms with Gasteiger partial charge in [0, 0.05) is 32.9 Å². The van der Waals surface area contributed by atoms with Crippen LogP contribution in [0.4, 0.5) is 0 Å². The monoisotopic (exact) mass is 344 g/mol. The van der Waals surface area contributed by atoms with Crippen molar-refractivity contribution in [3.63, 3.8) is 0 Å². The number of sulfonamides is 1. The van der Waals surface area contributed by atoms with Gasteiger partial charge >= 0.3 is 0 Å². The van der Waals surface area contributed by atoms with Crippen LogP contribution in [0.2, 0.25) is 0 Å². The molecule has 8 nitrogen and oxygen atoms in total. The van der Waals surface area contributed by atoms with Gasteiger partial charge in [0.1, 0.15) is 0 Å². The van der Waals surface area contributed by atoms with Crippen LogP contribution in [-0.2, 0) is 32.6 Å². The molecule has 2 rings (SSSR count). The lowest BCUT2D eigenvalue weighted by molar-refractivity contribution is -0.133. The SMILES string of the molecule is COCCC(=O)N1Cc2ccnn2C[C@H](CCNS(C)(=O)=O)C1. The van der Waals surface area contributed by atoms with Crippen LogP contribution in [0.5, 0.6) is 0 Å². The largest absolute Gasteiger partial charge is 0.384 e. The molecule has 9 heteroatoms. The quantitative estimate of drug-likeness (QED) is 0.740. The first-order valence-electron chi connectivity index (χ1n) is 7.61. The summed E-state index contributed by atoms with van der Waals surface area (Å²) in [5, 5.41) is 4.30. The van der Waals surface area contributed by atoms with Crippen molar-refractivity contribution in [1.29, 1.82) is 0 Å². The van der Waals surface area contributed by atoms with E-state index in [1.54, 1.807) is 13.3 Å². The third-order valence-electron chi connectivity index (χ3n) is 3.86. The molecule has 0 spiro atoms. The first-order valence-corrected chi connectivity index (χ1v) is 9.50. The number of carbonyl (C=O) groups excluding carboxylic acids is 1. The minimum Gasteiger partial charge on any atom is -0.384 e. The van der Waals surface area contributed by atoms with Crippen LogP contribution in [0.3, 0.4) is 0 Å². The van der Waals surface area contributed by atoms with Gasteiger partial charge < -0.3 is 9.64 Å². The van der Waals surface area contributed by atoms with E-state index in [0.717, 1.165) is 11.9 Å². The molecule has 0 bridgehead atoms. The molecule has 1 atom stereocenters. The second-order valence-electron chi connectivity index (χ2n) is 5.84. The van der Waals surface area contributed by atoms with Gasteiger partial charge in [0.25, 0.3) is 0 Å². The molecule has 0 aliphatic carbocycles. The summed E-state index contributed by atoms with van der Waals surface area (Å²) in [6, 6.07) is 1.91. The summed E-state index contributed by atoms with van der Waals surface area (Å²) in [6.07, 6.45) is 3.87. The normalized spacial score (nSPS) is 18.5. The van der Waals surface area contributed by atoms with Gasteiger partial charge in [0.2, 0.25) is 15.9 Å². The summed E-state index contributed by atoms with van der Waals surface area (Å²) in [6.45, 7) is 2.56. The molecular weight excluding hydrogens is 320 g/mol. The minimum atomic E-state index is -3.20. The van der Waals surface area contributed by atoms with Crippen molar-refractivity contribution in [3.05, 3.63) is 18.0 Å². The van der Waals surface area contributed by atoms with Crippen molar-refractivity contribution >= 4 is 15.9 Å². The van der Waals surface area contributed by atoms with E-state index < -0.39 is 10.0 Å². The predicted octanol–water partition coefficient (Wildman–Crippen LogP) is -0.183. The number of amides is 1. The molecule has 1 aromatic rings. The Morgan fingerprint density at radius 1 is 1.48 bits per heavy atom. The Bertz CT molecular complexity index is 628. The number of aromatic nitrogens is 2. The molecule has 1 aliphatic rings. The Hall–Kier alpha value is -1.45. The van der Waals surface area contributed by atoms with Crippen LogP contribution in [0.15, 0.2) is 12.3 Å². The van der Waals surface area contributed by atoms with Crippen molar-refractivity contribution in [2.75, 3.05) is 33.1 Å². The summed E-state index contributed by atoms with van der Waals surface area (Å²) in [4.78, 5) is 14.1. The first kappa shape index (κ1) is 17.9. The van der Waals surface area contributed by atoms with Gasteiger partial charge in [0.15, 0.2) is 0 Å². The summed E-state index contributed by atoms with van der Waals surface area (Å²) in [5.41, 5.74) is 0.995. The highest BCUT2D eigenvalue weighted by Gasteiger charge is 2.25. The Labute approximate surface area is 136 Å². The van der Waals surface area contributed by atoms with Gasteiger partial charge in [-0.2, -0.15) is 5.10 Å². The number of rotatable bonds is 7. The molecule has 0 radical (unpaired) electrons. The maximum absolute atomic E-state index is 12.3. The van der Waals surface area contributed by atoms with Crippen LogP contribution in [-0.4, -0.2) is 62.1 Å². The number of methoxy groups -OCH3 is 1. The Morgan fingerprint density at radius 2 is 2.26 bits per heavy atom. The van der Waals surface area contributed by atoms with Crippen LogP contribution < -0.4 is 4.72 Å². The molecule has 23 heavy (non-hydrogen) atoms. The fourth-order valence-corrected chi connectivity index (χ4v) is 3.19. The third kappa shape index (κ3) is 5.60. The first-order chi connectivity index (χ1) is 10.9. The number of carbonyl (C=O) groups is 1. The standard InChI is InChI=1S/C14H24N4O4S/c1-22-8-5-14(19)17-9-12(3-7-16-23(2,20)21)10-18-13(11-17)4-6-15-18/h4,6,12,16H,3,5,7-11H2,1-2H3/t12-/m1/s1. The van der Waals surface area contributed by atoms with E-state index in [2.05, 4.69) is 9.82 Å². The van der Waals surface area contributed by atoms with E-state index in [4.69, 9.17) is 4.74 Å². The lowest BCUT2D eigenvalue weighted by Crippen LogP contribution is -2.35. The van der Waals surface area contributed by atoms with E-state index in [1.165, 1.54) is 0 Å². The second-order valence-corrected chi connectivity index (χ2v) is 7.68. The van der Waals surface area contributed by atoms with E-state index in [-0.39, 0.29) is 11.8 Å². The number of ether oxygens (including phenoxy) is 1. The van der Waals surface area contributed by atoms with Crippen LogP contribution in [0.1, 0.15) is 18.5 Å². The number of nitrogens with one attached hydrogen (secondary N) is 1. The van der Waals surface area contributed by atoms with Crippen LogP contribution >= 0.6 is 0 Å². The molecule has 2 heterocycles. The minimum absolute atomic E-state index is 0.0440. The molecular formula is C14H24N4O4S. The number of fused-ring (bicyclic) bond motifs is 1. The van der Waals surface area contributed by atoms with Gasteiger partial charge in [-0.3, -0.25) is 9.48 Å². The predicted molar refractivity (Wildman–Crippen MR) is 85.1 cm³/mol. The molecule has 1 N–H and O–H groups in total. The average molecular weight is 344 g/mol. The van der Waals surface area contributed by atoms with Crippen molar-refractivity contribution in [3.8, 4) is 0 Å². The molecule has 130 valence electrons. The highest BCUT2D eigenvalue weighted by molar-refractivity contribution is 7.88. The lowest BCUT2D eigenvalue weighted by atomic mass is 10.1. The smallest absolute Gasteiger partial charge is 0.225 e. The number of nitrogens with zero attached hydrogens (tertiary/aromatic N) is 3. The molecule has 0 aromatic carbocycles. The van der Waals surface area contributed by atoms with Gasteiger partial charge in [-0.1, -0.05) is 0 Å². The Balaban J connectivity index is 2.02. The van der Waals surface area contributed by atoms with Crippen LogP contribution in [0.25, 0.3) is 0 Å². The number of hydrogen-bond donors (Lipinski definition) is 1. The van der Waals surface area contributed by atoms with E-state index in [0.29, 0.717) is 45.6 Å². The molecule has 0 unspecified atom stereocenters. The fraction of sp³-hybridized carbons (Fsp3) is 0.714. The topological polar surface area (TPSA) is 93.5 Å². The van der Waals surface area contributed by atoms with E-state index in [1.807, 2.05) is 15.6 Å². The Kier molecular flexibility index (Phi) is 6.14. The zero-order valence-corrected chi connectivity index (χ0v) is 14.4. The maximum Gasteiger partial charge on any atom is 0.225 e. The summed E-state index contributed by atoms with van der Waals surface area (Å²) in [7, 11) is -1.62. The van der Waals surface area contributed by atoms with Crippen LogP contribution in [0, 0.1) is 5.92 Å². The molecule has 1 amide bonds. The van der Waals surface area contributed by atoms with Crippen molar-refractivity contribution in [2.24, 2.45) is 5.92 Å². The zero-order valence-electron chi connectivity index (χ0n) is 13.6. The van der Waals surface area contributed by atoms with Crippen molar-refractivity contribution < 1.29 is 17.9 Å². The molecule has 0 saturated carbocycles. The Morgan fingerprint density at radius 3 is 2.96 bits per heavy atom. The third-order valence-corrected chi connectivity index (χ3v) is 4.59. The lowest BCUT2D eigenvalue weighted by Gasteiger charge is -2.24. The van der Waals surface area contributed by atoms with Crippen molar-refractivity contribution in [2.45, 2.75) is 25.9 Å². The van der Waals surface area contributed by atoms with E-state index in [9.17, 15) is 13.2 Å². The van der Waals surface area contributed by atoms with Gasteiger partial charge in [-0.25, -0.2) is 13.1 Å². The molecule has 1 aromatic heterocycles. The van der Waals surface area contributed by atoms with Gasteiger partial charge in [-0.15, -0.1) is 0 Å². The van der Waals surface area contributed by atoms with Gasteiger partial charge in [0.05, 0.1) is 31.5 Å². The number of hydrogen-bond acceptors (Lipinski definition) is 5.